The minimum Gasteiger partial charge on any atom is -0.273 e. The summed E-state index contributed by atoms with van der Waals surface area (Å²) in [6.07, 6.45) is 5.14. The van der Waals surface area contributed by atoms with Crippen LogP contribution in [0.2, 0.25) is 0 Å². The van der Waals surface area contributed by atoms with E-state index in [0.717, 1.165) is 21.5 Å². The third-order valence-electron chi connectivity index (χ3n) is 2.67. The molecule has 0 N–H and O–H groups in total. The van der Waals surface area contributed by atoms with Gasteiger partial charge >= 0.3 is 0 Å². The summed E-state index contributed by atoms with van der Waals surface area (Å²) < 4.78 is 0.926. The fraction of sp³-hybridized carbons (Fsp3) is 0.308. The van der Waals surface area contributed by atoms with Crippen LogP contribution in [-0.4, -0.2) is 16.5 Å². The molecule has 0 bridgehead atoms. The zero-order valence-electron chi connectivity index (χ0n) is 10.8. The van der Waals surface area contributed by atoms with Gasteiger partial charge in [-0.2, -0.15) is 5.26 Å². The van der Waals surface area contributed by atoms with Crippen LogP contribution in [0.25, 0.3) is 0 Å². The Kier molecular flexibility index (Phi) is 4.77. The second kappa shape index (κ2) is 6.55. The summed E-state index contributed by atoms with van der Waals surface area (Å²) >= 11 is 3.10. The largest absolute Gasteiger partial charge is 0.273 e. The molecule has 6 heteroatoms. The molecule has 0 aliphatic heterocycles. The van der Waals surface area contributed by atoms with Gasteiger partial charge in [0.05, 0.1) is 12.2 Å². The molecule has 1 aromatic carbocycles. The molecular weight excluding hydrogens is 276 g/mol. The fourth-order valence-electron chi connectivity index (χ4n) is 1.65. The lowest BCUT2D eigenvalue weighted by molar-refractivity contribution is 0.897. The first-order valence-electron chi connectivity index (χ1n) is 5.89. The second-order valence-electron chi connectivity index (χ2n) is 3.88. The van der Waals surface area contributed by atoms with Gasteiger partial charge in [0.25, 0.3) is 0 Å². The van der Waals surface area contributed by atoms with Gasteiger partial charge in [0.1, 0.15) is 5.01 Å². The van der Waals surface area contributed by atoms with Gasteiger partial charge in [-0.25, -0.2) is 0 Å². The lowest BCUT2D eigenvalue weighted by atomic mass is 10.1. The molecule has 0 amide bonds. The molecule has 1 heterocycles. The molecule has 0 saturated heterocycles. The molecule has 0 fully saturated rings. The Balaban J connectivity index is 2.17. The quantitative estimate of drug-likeness (QED) is 0.480. The maximum absolute atomic E-state index is 9.30. The van der Waals surface area contributed by atoms with E-state index in [1.165, 1.54) is 16.9 Å². The normalized spacial score (nSPS) is 10.2. The average molecular weight is 290 g/mol. The number of rotatable bonds is 5. The topological polar surface area (TPSA) is 52.8 Å². The Labute approximate surface area is 121 Å². The predicted molar refractivity (Wildman–Crippen MR) is 79.3 cm³/mol. The van der Waals surface area contributed by atoms with Crippen LogP contribution in [0.15, 0.2) is 28.6 Å². The molecule has 4 nitrogen and oxygen atoms in total. The van der Waals surface area contributed by atoms with Gasteiger partial charge in [-0.05, 0) is 30.4 Å². The number of aromatic nitrogens is 2. The Morgan fingerprint density at radius 2 is 2.26 bits per heavy atom. The zero-order valence-corrected chi connectivity index (χ0v) is 12.5. The monoisotopic (exact) mass is 290 g/mol. The first kappa shape index (κ1) is 13.8. The van der Waals surface area contributed by atoms with Crippen LogP contribution in [0.5, 0.6) is 0 Å². The van der Waals surface area contributed by atoms with Crippen molar-refractivity contribution >= 4 is 28.8 Å². The molecule has 98 valence electrons. The van der Waals surface area contributed by atoms with E-state index in [1.807, 2.05) is 24.5 Å². The molecule has 2 rings (SSSR count). The number of aryl methyl sites for hydroxylation is 1. The summed E-state index contributed by atoms with van der Waals surface area (Å²) in [7, 11) is 0. The van der Waals surface area contributed by atoms with Crippen molar-refractivity contribution < 1.29 is 0 Å². The van der Waals surface area contributed by atoms with Crippen molar-refractivity contribution in [2.75, 3.05) is 11.2 Å². The molecule has 0 aliphatic carbocycles. The zero-order chi connectivity index (χ0) is 13.7. The third-order valence-corrected chi connectivity index (χ3v) is 4.55. The van der Waals surface area contributed by atoms with Crippen LogP contribution in [-0.2, 0) is 13.0 Å². The molecule has 0 atom stereocenters. The number of hydrogen-bond donors (Lipinski definition) is 0. The molecule has 2 aromatic rings. The Morgan fingerprint density at radius 3 is 2.89 bits per heavy atom. The van der Waals surface area contributed by atoms with Crippen LogP contribution in [0.3, 0.4) is 0 Å². The van der Waals surface area contributed by atoms with Gasteiger partial charge in [0, 0.05) is 0 Å². The van der Waals surface area contributed by atoms with Crippen LogP contribution in [0, 0.1) is 11.5 Å². The number of nitriles is 1. The number of hydrogen-bond acceptors (Lipinski definition) is 6. The van der Waals surface area contributed by atoms with E-state index in [4.69, 9.17) is 0 Å². The Morgan fingerprint density at radius 1 is 1.42 bits per heavy atom. The van der Waals surface area contributed by atoms with Crippen molar-refractivity contribution in [3.63, 3.8) is 0 Å². The molecule has 0 radical (unpaired) electrons. The van der Waals surface area contributed by atoms with Crippen molar-refractivity contribution in [3.8, 4) is 6.19 Å². The summed E-state index contributed by atoms with van der Waals surface area (Å²) in [6, 6.07) is 8.03. The van der Waals surface area contributed by atoms with Gasteiger partial charge < -0.3 is 0 Å². The van der Waals surface area contributed by atoms with Gasteiger partial charge in [-0.15, -0.1) is 10.2 Å². The highest BCUT2D eigenvalue weighted by atomic mass is 32.2. The molecule has 0 saturated carbocycles. The summed E-state index contributed by atoms with van der Waals surface area (Å²) in [5, 5.41) is 18.3. The molecule has 0 unspecified atom stereocenters. The standard InChI is InChI=1S/C13H14N4S2/c1-3-10-5-4-6-11(7-10)17(9-14)8-12-15-16-13(18-2)19-12/h4-7H,3,8H2,1-2H3. The SMILES string of the molecule is CCc1cccc(N(C#N)Cc2nnc(SC)s2)c1. The Bertz CT molecular complexity index is 588. The highest BCUT2D eigenvalue weighted by molar-refractivity contribution is 8.00. The fourth-order valence-corrected chi connectivity index (χ4v) is 2.95. The lowest BCUT2D eigenvalue weighted by Gasteiger charge is -2.14. The molecule has 19 heavy (non-hydrogen) atoms. The number of nitrogens with zero attached hydrogens (tertiary/aromatic N) is 4. The second-order valence-corrected chi connectivity index (χ2v) is 5.99. The van der Waals surface area contributed by atoms with Crippen LogP contribution in [0.1, 0.15) is 17.5 Å². The van der Waals surface area contributed by atoms with Gasteiger partial charge in [0.2, 0.25) is 0 Å². The van der Waals surface area contributed by atoms with Gasteiger partial charge in [-0.3, -0.25) is 4.90 Å². The molecule has 0 spiro atoms. The highest BCUT2D eigenvalue weighted by Gasteiger charge is 2.11. The van der Waals surface area contributed by atoms with E-state index in [-0.39, 0.29) is 0 Å². The molecular formula is C13H14N4S2. The minimum absolute atomic E-state index is 0.474. The first-order chi connectivity index (χ1) is 9.26. The van der Waals surface area contributed by atoms with Crippen LogP contribution >= 0.6 is 23.1 Å². The van der Waals surface area contributed by atoms with E-state index >= 15 is 0 Å². The lowest BCUT2D eigenvalue weighted by Crippen LogP contribution is -2.15. The number of benzene rings is 1. The van der Waals surface area contributed by atoms with E-state index in [9.17, 15) is 5.26 Å². The van der Waals surface area contributed by atoms with Crippen molar-refractivity contribution in [2.24, 2.45) is 0 Å². The minimum atomic E-state index is 0.474. The molecule has 0 aliphatic rings. The smallest absolute Gasteiger partial charge is 0.184 e. The maximum Gasteiger partial charge on any atom is 0.184 e. The average Bonchev–Trinajstić information content (AvgIpc) is 2.92. The van der Waals surface area contributed by atoms with E-state index in [2.05, 4.69) is 29.4 Å². The van der Waals surface area contributed by atoms with Gasteiger partial charge in [0.15, 0.2) is 10.5 Å². The number of anilines is 1. The number of thioether (sulfide) groups is 1. The van der Waals surface area contributed by atoms with Gasteiger partial charge in [-0.1, -0.05) is 42.2 Å². The third kappa shape index (κ3) is 3.46. The summed E-state index contributed by atoms with van der Waals surface area (Å²) in [5.74, 6) is 0. The predicted octanol–water partition coefficient (Wildman–Crippen LogP) is 3.31. The van der Waals surface area contributed by atoms with Crippen LogP contribution < -0.4 is 4.90 Å². The van der Waals surface area contributed by atoms with Crippen molar-refractivity contribution in [1.82, 2.24) is 10.2 Å². The van der Waals surface area contributed by atoms with Crippen molar-refractivity contribution in [1.29, 1.82) is 5.26 Å². The Hall–Kier alpha value is -1.58. The van der Waals surface area contributed by atoms with Crippen LogP contribution in [0.4, 0.5) is 5.69 Å². The van der Waals surface area contributed by atoms with E-state index < -0.39 is 0 Å². The summed E-state index contributed by atoms with van der Waals surface area (Å²) in [4.78, 5) is 1.64. The summed E-state index contributed by atoms with van der Waals surface area (Å²) in [6.45, 7) is 2.58. The molecule has 1 aromatic heterocycles. The summed E-state index contributed by atoms with van der Waals surface area (Å²) in [5.41, 5.74) is 2.13. The van der Waals surface area contributed by atoms with Crippen molar-refractivity contribution in [2.45, 2.75) is 24.2 Å². The first-order valence-corrected chi connectivity index (χ1v) is 7.93. The highest BCUT2D eigenvalue weighted by Crippen LogP contribution is 2.23. The van der Waals surface area contributed by atoms with Crippen molar-refractivity contribution in [3.05, 3.63) is 34.8 Å². The van der Waals surface area contributed by atoms with E-state index in [0.29, 0.717) is 6.54 Å². The van der Waals surface area contributed by atoms with E-state index in [1.54, 1.807) is 16.7 Å². The maximum atomic E-state index is 9.30.